The molecule has 13 heavy (non-hydrogen) atoms. The first-order valence-electron chi connectivity index (χ1n) is 5.57. The summed E-state index contributed by atoms with van der Waals surface area (Å²) in [4.78, 5) is 2.63. The maximum absolute atomic E-state index is 5.73. The Kier molecular flexibility index (Phi) is 5.12. The van der Waals surface area contributed by atoms with Gasteiger partial charge in [0.25, 0.3) is 0 Å². The maximum Gasteiger partial charge on any atom is 0.0235 e. The van der Waals surface area contributed by atoms with Crippen LogP contribution >= 0.6 is 11.6 Å². The predicted molar refractivity (Wildman–Crippen MR) is 59.4 cm³/mol. The van der Waals surface area contributed by atoms with Gasteiger partial charge in [0.15, 0.2) is 0 Å². The van der Waals surface area contributed by atoms with Gasteiger partial charge in [0.05, 0.1) is 0 Å². The fraction of sp³-hybridized carbons (Fsp3) is 1.00. The van der Waals surface area contributed by atoms with Crippen molar-refractivity contribution in [3.8, 4) is 0 Å². The van der Waals surface area contributed by atoms with Crippen LogP contribution in [0, 0.1) is 0 Å². The highest BCUT2D eigenvalue weighted by molar-refractivity contribution is 6.17. The Balaban J connectivity index is 2.36. The van der Waals surface area contributed by atoms with Crippen LogP contribution in [0.1, 0.15) is 46.0 Å². The van der Waals surface area contributed by atoms with Crippen molar-refractivity contribution in [2.45, 2.75) is 58.0 Å². The summed E-state index contributed by atoms with van der Waals surface area (Å²) in [7, 11) is 0. The van der Waals surface area contributed by atoms with E-state index in [-0.39, 0.29) is 0 Å². The van der Waals surface area contributed by atoms with Crippen LogP contribution in [0.3, 0.4) is 0 Å². The summed E-state index contributed by atoms with van der Waals surface area (Å²) in [6, 6.07) is 1.54. The second-order valence-electron chi connectivity index (χ2n) is 4.31. The molecule has 1 saturated carbocycles. The van der Waals surface area contributed by atoms with Crippen molar-refractivity contribution in [1.82, 2.24) is 4.90 Å². The molecule has 0 aliphatic heterocycles. The van der Waals surface area contributed by atoms with Gasteiger partial charge in [-0.05, 0) is 39.7 Å². The lowest BCUT2D eigenvalue weighted by Crippen LogP contribution is -2.39. The minimum absolute atomic E-state index is 0.686. The van der Waals surface area contributed by atoms with Crippen molar-refractivity contribution in [1.29, 1.82) is 0 Å². The van der Waals surface area contributed by atoms with Gasteiger partial charge in [-0.3, -0.25) is 4.90 Å². The molecule has 0 aromatic carbocycles. The van der Waals surface area contributed by atoms with Crippen molar-refractivity contribution in [3.63, 3.8) is 0 Å². The number of hydrogen-bond acceptors (Lipinski definition) is 1. The van der Waals surface area contributed by atoms with Crippen LogP contribution in [0.5, 0.6) is 0 Å². The first-order valence-corrected chi connectivity index (χ1v) is 6.11. The molecule has 1 rings (SSSR count). The molecule has 0 aromatic heterocycles. The van der Waals surface area contributed by atoms with Gasteiger partial charge < -0.3 is 0 Å². The lowest BCUT2D eigenvalue weighted by Gasteiger charge is -2.32. The fourth-order valence-corrected chi connectivity index (χ4v) is 2.46. The topological polar surface area (TPSA) is 3.24 Å². The molecule has 0 radical (unpaired) electrons. The first kappa shape index (κ1) is 11.3. The summed E-state index contributed by atoms with van der Waals surface area (Å²) >= 11 is 5.73. The molecule has 78 valence electrons. The van der Waals surface area contributed by atoms with Crippen molar-refractivity contribution in [3.05, 3.63) is 0 Å². The summed E-state index contributed by atoms with van der Waals surface area (Å²) in [6.45, 7) is 5.78. The Morgan fingerprint density at radius 3 is 2.38 bits per heavy atom. The number of hydrogen-bond donors (Lipinski definition) is 0. The standard InChI is InChI=1S/C11H22ClN/c1-10(2)13(9-5-8-12)11-6-3-4-7-11/h10-11H,3-9H2,1-2H3. The molecule has 0 atom stereocenters. The minimum Gasteiger partial charge on any atom is -0.298 e. The van der Waals surface area contributed by atoms with E-state index in [1.54, 1.807) is 0 Å². The zero-order valence-corrected chi connectivity index (χ0v) is 9.69. The largest absolute Gasteiger partial charge is 0.298 e. The van der Waals surface area contributed by atoms with Crippen LogP contribution in [0.4, 0.5) is 0 Å². The molecule has 1 fully saturated rings. The van der Waals surface area contributed by atoms with E-state index < -0.39 is 0 Å². The van der Waals surface area contributed by atoms with Gasteiger partial charge >= 0.3 is 0 Å². The third kappa shape index (κ3) is 3.47. The Labute approximate surface area is 87.4 Å². The van der Waals surface area contributed by atoms with Gasteiger partial charge in [-0.2, -0.15) is 0 Å². The molecule has 0 heterocycles. The molecule has 0 spiro atoms. The number of alkyl halides is 1. The van der Waals surface area contributed by atoms with Crippen molar-refractivity contribution in [2.24, 2.45) is 0 Å². The van der Waals surface area contributed by atoms with Gasteiger partial charge in [0, 0.05) is 18.0 Å². The molecule has 0 saturated heterocycles. The highest BCUT2D eigenvalue weighted by Gasteiger charge is 2.23. The van der Waals surface area contributed by atoms with Crippen molar-refractivity contribution in [2.75, 3.05) is 12.4 Å². The van der Waals surface area contributed by atoms with Crippen molar-refractivity contribution < 1.29 is 0 Å². The van der Waals surface area contributed by atoms with Gasteiger partial charge in [-0.1, -0.05) is 12.8 Å². The first-order chi connectivity index (χ1) is 6.25. The highest BCUT2D eigenvalue weighted by atomic mass is 35.5. The average Bonchev–Trinajstić information content (AvgIpc) is 2.57. The molecular weight excluding hydrogens is 182 g/mol. The molecule has 0 unspecified atom stereocenters. The number of nitrogens with zero attached hydrogens (tertiary/aromatic N) is 1. The zero-order valence-electron chi connectivity index (χ0n) is 8.93. The highest BCUT2D eigenvalue weighted by Crippen LogP contribution is 2.25. The van der Waals surface area contributed by atoms with Crippen LogP contribution in [0.25, 0.3) is 0 Å². The van der Waals surface area contributed by atoms with E-state index in [1.165, 1.54) is 32.2 Å². The summed E-state index contributed by atoms with van der Waals surface area (Å²) in [5.74, 6) is 0.802. The quantitative estimate of drug-likeness (QED) is 0.620. The van der Waals surface area contributed by atoms with Gasteiger partial charge in [-0.25, -0.2) is 0 Å². The third-order valence-electron chi connectivity index (χ3n) is 3.01. The molecule has 1 nitrogen and oxygen atoms in total. The lowest BCUT2D eigenvalue weighted by atomic mass is 10.1. The van der Waals surface area contributed by atoms with E-state index in [0.717, 1.165) is 18.3 Å². The number of rotatable bonds is 5. The maximum atomic E-state index is 5.73. The molecule has 2 heteroatoms. The smallest absolute Gasteiger partial charge is 0.0235 e. The van der Waals surface area contributed by atoms with E-state index in [1.807, 2.05) is 0 Å². The van der Waals surface area contributed by atoms with E-state index in [0.29, 0.717) is 6.04 Å². The van der Waals surface area contributed by atoms with Gasteiger partial charge in [0.1, 0.15) is 0 Å². The predicted octanol–water partition coefficient (Wildman–Crippen LogP) is 3.27. The second kappa shape index (κ2) is 5.87. The van der Waals surface area contributed by atoms with Gasteiger partial charge in [-0.15, -0.1) is 11.6 Å². The lowest BCUT2D eigenvalue weighted by molar-refractivity contribution is 0.156. The van der Waals surface area contributed by atoms with Gasteiger partial charge in [0.2, 0.25) is 0 Å². The average molecular weight is 204 g/mol. The van der Waals surface area contributed by atoms with E-state index >= 15 is 0 Å². The minimum atomic E-state index is 0.686. The summed E-state index contributed by atoms with van der Waals surface area (Å²) in [5, 5.41) is 0. The van der Waals surface area contributed by atoms with Crippen LogP contribution in [0.15, 0.2) is 0 Å². The Hall–Kier alpha value is 0.250. The van der Waals surface area contributed by atoms with Crippen LogP contribution in [0.2, 0.25) is 0 Å². The van der Waals surface area contributed by atoms with Crippen LogP contribution in [-0.4, -0.2) is 29.4 Å². The molecule has 1 aliphatic carbocycles. The molecule has 0 amide bonds. The zero-order chi connectivity index (χ0) is 9.68. The van der Waals surface area contributed by atoms with E-state index in [2.05, 4.69) is 18.7 Å². The summed E-state index contributed by atoms with van der Waals surface area (Å²) in [5.41, 5.74) is 0. The van der Waals surface area contributed by atoms with E-state index in [9.17, 15) is 0 Å². The summed E-state index contributed by atoms with van der Waals surface area (Å²) in [6.07, 6.45) is 6.79. The van der Waals surface area contributed by atoms with Crippen LogP contribution < -0.4 is 0 Å². The number of halogens is 1. The third-order valence-corrected chi connectivity index (χ3v) is 3.27. The Morgan fingerprint density at radius 2 is 1.92 bits per heavy atom. The SMILES string of the molecule is CC(C)N(CCCCl)C1CCCC1. The molecule has 0 bridgehead atoms. The second-order valence-corrected chi connectivity index (χ2v) is 4.69. The normalized spacial score (nSPS) is 19.2. The Bertz CT molecular complexity index is 130. The Morgan fingerprint density at radius 1 is 1.31 bits per heavy atom. The van der Waals surface area contributed by atoms with Crippen molar-refractivity contribution >= 4 is 11.6 Å². The molecule has 0 aromatic rings. The molecular formula is C11H22ClN. The fourth-order valence-electron chi connectivity index (χ4n) is 2.34. The van der Waals surface area contributed by atoms with Crippen LogP contribution in [-0.2, 0) is 0 Å². The monoisotopic (exact) mass is 203 g/mol. The molecule has 1 aliphatic rings. The molecule has 0 N–H and O–H groups in total. The van der Waals surface area contributed by atoms with E-state index in [4.69, 9.17) is 11.6 Å². The summed E-state index contributed by atoms with van der Waals surface area (Å²) < 4.78 is 0.